The van der Waals surface area contributed by atoms with Crippen LogP contribution in [-0.2, 0) is 14.4 Å². The Morgan fingerprint density at radius 2 is 1.57 bits per heavy atom. The number of aliphatic hydroxyl groups is 1. The fraction of sp³-hybridized carbons (Fsp3) is 0.889. The molecule has 2 N–H and O–H groups in total. The topological polar surface area (TPSA) is 75.6 Å². The van der Waals surface area contributed by atoms with Crippen LogP contribution in [0.3, 0.4) is 0 Å². The molecule has 0 aromatic carbocycles. The van der Waals surface area contributed by atoms with Crippen LogP contribution in [0.2, 0.25) is 0 Å². The first kappa shape index (κ1) is 20.1. The predicted octanol–water partition coefficient (Wildman–Crippen LogP) is 3.30. The summed E-state index contributed by atoms with van der Waals surface area (Å²) in [6.07, 6.45) is 14.1. The van der Waals surface area contributed by atoms with Crippen molar-refractivity contribution in [1.29, 1.82) is 0 Å². The van der Waals surface area contributed by atoms with E-state index in [9.17, 15) is 14.7 Å². The lowest BCUT2D eigenvalue weighted by atomic mass is 9.92. The van der Waals surface area contributed by atoms with E-state index in [1.807, 2.05) is 0 Å². The van der Waals surface area contributed by atoms with Crippen LogP contribution in [0.4, 0.5) is 0 Å². The monoisotopic (exact) mass is 327 g/mol. The minimum atomic E-state index is -0.653. The highest BCUT2D eigenvalue weighted by Crippen LogP contribution is 2.17. The molecule has 1 heterocycles. The van der Waals surface area contributed by atoms with Crippen LogP contribution in [-0.4, -0.2) is 29.5 Å². The number of carbonyl (C=O) groups excluding carboxylic acids is 2. The molecule has 1 rings (SSSR count). The van der Waals surface area contributed by atoms with Crippen LogP contribution in [0.15, 0.2) is 0 Å². The summed E-state index contributed by atoms with van der Waals surface area (Å²) in [5, 5.41) is 9.26. The third kappa shape index (κ3) is 7.93. The summed E-state index contributed by atoms with van der Waals surface area (Å²) in [5.74, 6) is -1.15. The number of carbonyl (C=O) groups is 2. The van der Waals surface area contributed by atoms with Crippen LogP contribution in [0.5, 0.6) is 0 Å². The first-order chi connectivity index (χ1) is 11.2. The van der Waals surface area contributed by atoms with Gasteiger partial charge in [0, 0.05) is 6.42 Å². The van der Waals surface area contributed by atoms with E-state index >= 15 is 0 Å². The van der Waals surface area contributed by atoms with Crippen molar-refractivity contribution in [2.45, 2.75) is 90.0 Å². The molecule has 0 aromatic rings. The summed E-state index contributed by atoms with van der Waals surface area (Å²) < 4.78 is 0. The van der Waals surface area contributed by atoms with Gasteiger partial charge in [0.05, 0.1) is 12.5 Å². The van der Waals surface area contributed by atoms with Gasteiger partial charge in [0.1, 0.15) is 5.78 Å². The molecule has 5 nitrogen and oxygen atoms in total. The van der Waals surface area contributed by atoms with Crippen molar-refractivity contribution >= 4 is 11.8 Å². The van der Waals surface area contributed by atoms with Crippen LogP contribution >= 0.6 is 0 Å². The lowest BCUT2D eigenvalue weighted by molar-refractivity contribution is -0.187. The summed E-state index contributed by atoms with van der Waals surface area (Å²) in [6, 6.07) is -0.653. The van der Waals surface area contributed by atoms with E-state index in [4.69, 9.17) is 0 Å². The largest absolute Gasteiger partial charge is 0.396 e. The van der Waals surface area contributed by atoms with Crippen molar-refractivity contribution in [3.63, 3.8) is 0 Å². The smallest absolute Gasteiger partial charge is 0.346 e. The molecule has 23 heavy (non-hydrogen) atoms. The minimum absolute atomic E-state index is 0.0439. The Labute approximate surface area is 140 Å². The number of hydroxylamine groups is 1. The van der Waals surface area contributed by atoms with E-state index < -0.39 is 17.9 Å². The predicted molar refractivity (Wildman–Crippen MR) is 89.7 cm³/mol. The maximum Gasteiger partial charge on any atom is 0.346 e. The highest BCUT2D eigenvalue weighted by molar-refractivity contribution is 5.90. The molecule has 134 valence electrons. The van der Waals surface area contributed by atoms with Crippen molar-refractivity contribution in [2.75, 3.05) is 6.61 Å². The maximum atomic E-state index is 12.0. The molecule has 1 aliphatic rings. The fourth-order valence-electron chi connectivity index (χ4n) is 2.96. The SMILES string of the molecule is CCCCCCCCCCCCCC(=O)C(CO)C1NOC1=O. The van der Waals surface area contributed by atoms with Crippen LogP contribution in [0, 0.1) is 5.92 Å². The summed E-state index contributed by atoms with van der Waals surface area (Å²) in [5.41, 5.74) is 2.44. The Bertz CT molecular complexity index is 346. The lowest BCUT2D eigenvalue weighted by Gasteiger charge is -2.30. The molecule has 0 bridgehead atoms. The van der Waals surface area contributed by atoms with Crippen molar-refractivity contribution < 1.29 is 19.5 Å². The van der Waals surface area contributed by atoms with Crippen LogP contribution in [0.1, 0.15) is 84.0 Å². The highest BCUT2D eigenvalue weighted by Gasteiger charge is 2.41. The van der Waals surface area contributed by atoms with Gasteiger partial charge in [-0.05, 0) is 6.42 Å². The summed E-state index contributed by atoms with van der Waals surface area (Å²) in [6.45, 7) is 1.94. The second-order valence-electron chi connectivity index (χ2n) is 6.56. The molecule has 5 heteroatoms. The maximum absolute atomic E-state index is 12.0. The van der Waals surface area contributed by atoms with Crippen molar-refractivity contribution in [3.8, 4) is 0 Å². The van der Waals surface area contributed by atoms with Gasteiger partial charge in [0.25, 0.3) is 0 Å². The van der Waals surface area contributed by atoms with E-state index in [2.05, 4.69) is 17.2 Å². The van der Waals surface area contributed by atoms with Crippen molar-refractivity contribution in [1.82, 2.24) is 5.48 Å². The molecule has 2 atom stereocenters. The van der Waals surface area contributed by atoms with E-state index in [0.717, 1.165) is 19.3 Å². The zero-order valence-electron chi connectivity index (χ0n) is 14.5. The van der Waals surface area contributed by atoms with Gasteiger partial charge >= 0.3 is 5.97 Å². The Balaban J connectivity index is 1.93. The Morgan fingerprint density at radius 1 is 1.04 bits per heavy atom. The van der Waals surface area contributed by atoms with Gasteiger partial charge in [0.2, 0.25) is 0 Å². The van der Waals surface area contributed by atoms with Gasteiger partial charge in [0.15, 0.2) is 6.04 Å². The molecule has 0 aromatic heterocycles. The number of Topliss-reactive ketones (excluding diaryl/α,β-unsaturated/α-hetero) is 1. The van der Waals surface area contributed by atoms with E-state index in [-0.39, 0.29) is 12.4 Å². The number of unbranched alkanes of at least 4 members (excludes halogenated alkanes) is 10. The first-order valence-corrected chi connectivity index (χ1v) is 9.30. The molecule has 0 amide bonds. The average Bonchev–Trinajstić information content (AvgIpc) is 2.55. The highest BCUT2D eigenvalue weighted by atomic mass is 16.7. The number of hydrogen-bond donors (Lipinski definition) is 2. The van der Waals surface area contributed by atoms with Gasteiger partial charge in [-0.15, -0.1) is 5.48 Å². The van der Waals surface area contributed by atoms with Crippen LogP contribution in [0.25, 0.3) is 0 Å². The zero-order valence-corrected chi connectivity index (χ0v) is 14.5. The van der Waals surface area contributed by atoms with Gasteiger partial charge < -0.3 is 9.94 Å². The molecule has 2 unspecified atom stereocenters. The molecule has 1 saturated heterocycles. The fourth-order valence-corrected chi connectivity index (χ4v) is 2.96. The van der Waals surface area contributed by atoms with Crippen molar-refractivity contribution in [3.05, 3.63) is 0 Å². The van der Waals surface area contributed by atoms with Gasteiger partial charge in [-0.1, -0.05) is 71.1 Å². The average molecular weight is 327 g/mol. The second kappa shape index (κ2) is 12.5. The first-order valence-electron chi connectivity index (χ1n) is 9.30. The molecular weight excluding hydrogens is 294 g/mol. The molecule has 1 aliphatic heterocycles. The third-order valence-electron chi connectivity index (χ3n) is 4.58. The molecule has 0 spiro atoms. The van der Waals surface area contributed by atoms with E-state index in [1.165, 1.54) is 51.4 Å². The number of ketones is 1. The number of nitrogens with one attached hydrogen (secondary N) is 1. The van der Waals surface area contributed by atoms with Crippen molar-refractivity contribution in [2.24, 2.45) is 5.92 Å². The quantitative estimate of drug-likeness (QED) is 0.451. The normalized spacial score (nSPS) is 18.3. The molecule has 1 fully saturated rings. The summed E-state index contributed by atoms with van der Waals surface area (Å²) >= 11 is 0. The molecule has 0 aliphatic carbocycles. The van der Waals surface area contributed by atoms with Crippen LogP contribution < -0.4 is 5.48 Å². The standard InChI is InChI=1S/C18H33NO4/c1-2-3-4-5-6-7-8-9-10-11-12-13-16(21)15(14-20)17-18(22)23-19-17/h15,17,19-20H,2-14H2,1H3. The Kier molecular flexibility index (Phi) is 10.9. The Hall–Kier alpha value is -0.940. The molecule has 0 saturated carbocycles. The number of hydrogen-bond acceptors (Lipinski definition) is 5. The van der Waals surface area contributed by atoms with Gasteiger partial charge in [-0.2, -0.15) is 0 Å². The second-order valence-corrected chi connectivity index (χ2v) is 6.56. The zero-order chi connectivity index (χ0) is 16.9. The number of rotatable bonds is 15. The molecular formula is C18H33NO4. The van der Waals surface area contributed by atoms with E-state index in [1.54, 1.807) is 0 Å². The summed E-state index contributed by atoms with van der Waals surface area (Å²) in [7, 11) is 0. The third-order valence-corrected chi connectivity index (χ3v) is 4.58. The van der Waals surface area contributed by atoms with E-state index in [0.29, 0.717) is 6.42 Å². The number of aliphatic hydroxyl groups excluding tert-OH is 1. The van der Waals surface area contributed by atoms with Gasteiger partial charge in [-0.25, -0.2) is 4.79 Å². The lowest BCUT2D eigenvalue weighted by Crippen LogP contribution is -2.58. The molecule has 0 radical (unpaired) electrons. The summed E-state index contributed by atoms with van der Waals surface area (Å²) in [4.78, 5) is 27.6. The van der Waals surface area contributed by atoms with Gasteiger partial charge in [-0.3, -0.25) is 4.79 Å². The minimum Gasteiger partial charge on any atom is -0.396 e. The Morgan fingerprint density at radius 3 is 1.96 bits per heavy atom.